The number of likely N-dealkylation sites (tertiary alicyclic amines) is 1. The maximum Gasteiger partial charge on any atom is 0.319 e. The number of nitrogens with one attached hydrogen (secondary N) is 1. The van der Waals surface area contributed by atoms with Gasteiger partial charge in [-0.3, -0.25) is 4.79 Å². The Balaban J connectivity index is 1.55. The number of piperidine rings is 1. The van der Waals surface area contributed by atoms with Crippen LogP contribution in [0.15, 0.2) is 5.38 Å². The lowest BCUT2D eigenvalue weighted by atomic mass is 9.95. The fraction of sp³-hybridized carbons (Fsp3) is 0.667. The molecule has 1 N–H and O–H groups in total. The van der Waals surface area contributed by atoms with Crippen LogP contribution in [0.4, 0.5) is 4.79 Å². The average molecular weight is 350 g/mol. The largest absolute Gasteiger partial charge is 0.352 e. The summed E-state index contributed by atoms with van der Waals surface area (Å²) in [5.41, 5.74) is 2.76. The van der Waals surface area contributed by atoms with E-state index in [0.29, 0.717) is 13.1 Å². The molecule has 0 saturated carbocycles. The summed E-state index contributed by atoms with van der Waals surface area (Å²) in [5.74, 6) is -0.000808. The molecule has 2 heterocycles. The van der Waals surface area contributed by atoms with Crippen LogP contribution < -0.4 is 5.32 Å². The molecule has 132 valence electrons. The van der Waals surface area contributed by atoms with Crippen molar-refractivity contribution in [2.45, 2.75) is 45.1 Å². The molecule has 5 nitrogen and oxygen atoms in total. The van der Waals surface area contributed by atoms with Crippen LogP contribution in [0.2, 0.25) is 0 Å². The van der Waals surface area contributed by atoms with Crippen molar-refractivity contribution in [3.63, 3.8) is 0 Å². The Bertz CT molecular complexity index is 611. The van der Waals surface area contributed by atoms with E-state index in [-0.39, 0.29) is 17.9 Å². The molecule has 1 atom stereocenters. The van der Waals surface area contributed by atoms with Crippen molar-refractivity contribution in [1.82, 2.24) is 15.1 Å². The van der Waals surface area contributed by atoms with Gasteiger partial charge in [0, 0.05) is 38.6 Å². The molecule has 0 radical (unpaired) electrons. The van der Waals surface area contributed by atoms with Gasteiger partial charge in [0.2, 0.25) is 5.91 Å². The first-order chi connectivity index (χ1) is 11.6. The van der Waals surface area contributed by atoms with Gasteiger partial charge in [0.25, 0.3) is 0 Å². The summed E-state index contributed by atoms with van der Waals surface area (Å²) in [5, 5.41) is 5.32. The molecule has 1 aliphatic heterocycles. The Kier molecular flexibility index (Phi) is 5.43. The molecule has 0 aromatic carbocycles. The maximum absolute atomic E-state index is 12.5. The monoisotopic (exact) mass is 349 g/mol. The molecule has 1 aliphatic carbocycles. The molecule has 1 aromatic heterocycles. The number of hydrogen-bond donors (Lipinski definition) is 1. The highest BCUT2D eigenvalue weighted by Crippen LogP contribution is 2.30. The van der Waals surface area contributed by atoms with Crippen LogP contribution in [0.1, 0.15) is 41.7 Å². The zero-order valence-electron chi connectivity index (χ0n) is 14.6. The number of carbonyl (C=O) groups excluding carboxylic acids is 2. The molecule has 2 aliphatic rings. The lowest BCUT2D eigenvalue weighted by Crippen LogP contribution is -2.48. The van der Waals surface area contributed by atoms with Crippen molar-refractivity contribution in [2.24, 2.45) is 5.92 Å². The summed E-state index contributed by atoms with van der Waals surface area (Å²) >= 11 is 1.84. The van der Waals surface area contributed by atoms with Crippen LogP contribution in [-0.2, 0) is 24.2 Å². The number of aryl methyl sites for hydroxylation is 1. The van der Waals surface area contributed by atoms with Gasteiger partial charge in [0.1, 0.15) is 0 Å². The molecule has 24 heavy (non-hydrogen) atoms. The summed E-state index contributed by atoms with van der Waals surface area (Å²) < 4.78 is 0. The number of urea groups is 1. The fourth-order valence-electron chi connectivity index (χ4n) is 3.68. The third kappa shape index (κ3) is 3.74. The highest BCUT2D eigenvalue weighted by atomic mass is 32.1. The van der Waals surface area contributed by atoms with Gasteiger partial charge in [-0.15, -0.1) is 11.3 Å². The predicted octanol–water partition coefficient (Wildman–Crippen LogP) is 2.64. The second-order valence-corrected chi connectivity index (χ2v) is 8.01. The number of amides is 3. The van der Waals surface area contributed by atoms with E-state index in [1.165, 1.54) is 35.3 Å². The van der Waals surface area contributed by atoms with Crippen molar-refractivity contribution in [3.8, 4) is 0 Å². The zero-order valence-corrected chi connectivity index (χ0v) is 15.5. The van der Waals surface area contributed by atoms with E-state index in [2.05, 4.69) is 10.7 Å². The van der Waals surface area contributed by atoms with E-state index in [9.17, 15) is 9.59 Å². The van der Waals surface area contributed by atoms with Crippen molar-refractivity contribution >= 4 is 23.3 Å². The molecule has 0 spiro atoms. The van der Waals surface area contributed by atoms with Gasteiger partial charge in [-0.05, 0) is 55.0 Å². The number of thiophene rings is 1. The lowest BCUT2D eigenvalue weighted by Gasteiger charge is -2.33. The summed E-state index contributed by atoms with van der Waals surface area (Å²) in [6, 6.07) is -0.000552. The van der Waals surface area contributed by atoms with Gasteiger partial charge < -0.3 is 15.1 Å². The van der Waals surface area contributed by atoms with Gasteiger partial charge in [0.15, 0.2) is 0 Å². The van der Waals surface area contributed by atoms with E-state index in [0.717, 1.165) is 25.8 Å². The molecular formula is C18H27N3O2S. The topological polar surface area (TPSA) is 52.7 Å². The molecule has 0 unspecified atom stereocenters. The maximum atomic E-state index is 12.5. The zero-order chi connectivity index (χ0) is 17.1. The fourth-order valence-corrected chi connectivity index (χ4v) is 4.83. The Morgan fingerprint density at radius 3 is 2.88 bits per heavy atom. The van der Waals surface area contributed by atoms with Crippen molar-refractivity contribution in [2.75, 3.05) is 27.2 Å². The molecule has 1 aromatic rings. The minimum atomic E-state index is -0.0860. The van der Waals surface area contributed by atoms with Crippen LogP contribution in [0.5, 0.6) is 0 Å². The van der Waals surface area contributed by atoms with E-state index in [1.54, 1.807) is 23.9 Å². The van der Waals surface area contributed by atoms with Gasteiger partial charge in [-0.25, -0.2) is 4.79 Å². The minimum absolute atomic E-state index is 0.000552. The summed E-state index contributed by atoms with van der Waals surface area (Å²) in [6.45, 7) is 1.91. The van der Waals surface area contributed by atoms with E-state index >= 15 is 0 Å². The predicted molar refractivity (Wildman–Crippen MR) is 96.2 cm³/mol. The number of rotatable bonds is 3. The molecule has 6 heteroatoms. The molecule has 1 saturated heterocycles. The molecular weight excluding hydrogens is 322 g/mol. The molecule has 3 amide bonds. The van der Waals surface area contributed by atoms with Crippen LogP contribution in [0.25, 0.3) is 0 Å². The van der Waals surface area contributed by atoms with Gasteiger partial charge in [0.05, 0.1) is 5.92 Å². The second kappa shape index (κ2) is 7.55. The highest BCUT2D eigenvalue weighted by molar-refractivity contribution is 7.10. The Labute approximate surface area is 148 Å². The highest BCUT2D eigenvalue weighted by Gasteiger charge is 2.29. The average Bonchev–Trinajstić information content (AvgIpc) is 3.02. The lowest BCUT2D eigenvalue weighted by molar-refractivity contribution is -0.126. The Morgan fingerprint density at radius 1 is 1.29 bits per heavy atom. The van der Waals surface area contributed by atoms with Crippen molar-refractivity contribution in [3.05, 3.63) is 21.4 Å². The van der Waals surface area contributed by atoms with Crippen molar-refractivity contribution in [1.29, 1.82) is 0 Å². The van der Waals surface area contributed by atoms with E-state index in [4.69, 9.17) is 0 Å². The third-order valence-electron chi connectivity index (χ3n) is 5.05. The number of nitrogens with zero attached hydrogens (tertiary/aromatic N) is 2. The number of fused-ring (bicyclic) bond motifs is 1. The quantitative estimate of drug-likeness (QED) is 0.912. The second-order valence-electron chi connectivity index (χ2n) is 7.05. The normalized spacial score (nSPS) is 20.4. The summed E-state index contributed by atoms with van der Waals surface area (Å²) in [4.78, 5) is 29.5. The van der Waals surface area contributed by atoms with Crippen LogP contribution in [0, 0.1) is 5.92 Å². The number of hydrogen-bond acceptors (Lipinski definition) is 3. The number of carbonyl (C=O) groups is 2. The van der Waals surface area contributed by atoms with E-state index < -0.39 is 0 Å². The summed E-state index contributed by atoms with van der Waals surface area (Å²) in [6.07, 6.45) is 6.65. The standard InChI is InChI=1S/C18H27N3O2S/c1-20(2)18(23)21-9-5-6-13(11-21)17(22)19-10-14-12-24-16-8-4-3-7-15(14)16/h12-13H,3-11H2,1-2H3,(H,19,22)/t13-/m0/s1. The summed E-state index contributed by atoms with van der Waals surface area (Å²) in [7, 11) is 3.51. The van der Waals surface area contributed by atoms with Gasteiger partial charge >= 0.3 is 6.03 Å². The molecule has 0 bridgehead atoms. The Morgan fingerprint density at radius 2 is 2.08 bits per heavy atom. The molecule has 1 fully saturated rings. The third-order valence-corrected chi connectivity index (χ3v) is 6.18. The van der Waals surface area contributed by atoms with Gasteiger partial charge in [-0.1, -0.05) is 0 Å². The van der Waals surface area contributed by atoms with Crippen LogP contribution in [0.3, 0.4) is 0 Å². The van der Waals surface area contributed by atoms with E-state index in [1.807, 2.05) is 11.3 Å². The van der Waals surface area contributed by atoms with Crippen molar-refractivity contribution < 1.29 is 9.59 Å². The van der Waals surface area contributed by atoms with Crippen LogP contribution >= 0.6 is 11.3 Å². The van der Waals surface area contributed by atoms with Crippen LogP contribution in [-0.4, -0.2) is 48.9 Å². The molecule has 3 rings (SSSR count). The SMILES string of the molecule is CN(C)C(=O)N1CCC[C@H](C(=O)NCc2csc3c2CCCC3)C1. The first-order valence-electron chi connectivity index (χ1n) is 8.88. The van der Waals surface area contributed by atoms with Gasteiger partial charge in [-0.2, -0.15) is 0 Å². The first kappa shape index (κ1) is 17.3. The first-order valence-corrected chi connectivity index (χ1v) is 9.76. The minimum Gasteiger partial charge on any atom is -0.352 e. The Hall–Kier alpha value is -1.56. The smallest absolute Gasteiger partial charge is 0.319 e.